The second-order valence-electron chi connectivity index (χ2n) is 4.01. The Bertz CT molecular complexity index is 616. The van der Waals surface area contributed by atoms with E-state index in [-0.39, 0.29) is 11.7 Å². The van der Waals surface area contributed by atoms with E-state index in [2.05, 4.69) is 4.98 Å². The first kappa shape index (κ1) is 14.2. The maximum absolute atomic E-state index is 11.3. The first-order valence-electron chi connectivity index (χ1n) is 5.96. The summed E-state index contributed by atoms with van der Waals surface area (Å²) in [5, 5.41) is 2.32. The van der Waals surface area contributed by atoms with Gasteiger partial charge in [-0.25, -0.2) is 4.98 Å². The predicted octanol–water partition coefficient (Wildman–Crippen LogP) is 3.85. The maximum atomic E-state index is 11.3. The van der Waals surface area contributed by atoms with Crippen LogP contribution in [0, 0.1) is 6.92 Å². The first-order chi connectivity index (χ1) is 9.11. The summed E-state index contributed by atoms with van der Waals surface area (Å²) < 4.78 is 4.88. The number of carbonyl (C=O) groups is 1. The Kier molecular flexibility index (Phi) is 4.66. The Morgan fingerprint density at radius 1 is 1.47 bits per heavy atom. The molecule has 0 atom stereocenters. The zero-order valence-electron chi connectivity index (χ0n) is 10.8. The lowest BCUT2D eigenvalue weighted by Gasteiger charge is -2.07. The number of rotatable bonds is 4. The number of hydrogen-bond acceptors (Lipinski definition) is 4. The molecule has 0 spiro atoms. The average Bonchev–Trinajstić information content (AvgIpc) is 2.38. The van der Waals surface area contributed by atoms with Crippen LogP contribution in [0.15, 0.2) is 29.3 Å². The molecule has 100 valence electrons. The molecule has 0 bridgehead atoms. The van der Waals surface area contributed by atoms with E-state index in [1.165, 1.54) is 11.8 Å². The number of carbonyl (C=O) groups excluding carboxylic acids is 1. The number of aromatic nitrogens is 1. The molecule has 0 N–H and O–H groups in total. The highest BCUT2D eigenvalue weighted by Crippen LogP contribution is 2.29. The number of ether oxygens (including phenoxy) is 1. The van der Waals surface area contributed by atoms with E-state index in [0.29, 0.717) is 11.6 Å². The van der Waals surface area contributed by atoms with Gasteiger partial charge in [-0.3, -0.25) is 4.79 Å². The molecule has 0 saturated carbocycles. The summed E-state index contributed by atoms with van der Waals surface area (Å²) in [5.74, 6) is 0.00414. The smallest absolute Gasteiger partial charge is 0.316 e. The van der Waals surface area contributed by atoms with E-state index in [4.69, 9.17) is 16.3 Å². The minimum Gasteiger partial charge on any atom is -0.465 e. The quantitative estimate of drug-likeness (QED) is 0.634. The van der Waals surface area contributed by atoms with Crippen molar-refractivity contribution in [3.05, 3.63) is 34.9 Å². The van der Waals surface area contributed by atoms with E-state index in [1.807, 2.05) is 25.1 Å². The van der Waals surface area contributed by atoms with Crippen molar-refractivity contribution in [2.75, 3.05) is 12.4 Å². The third kappa shape index (κ3) is 3.39. The largest absolute Gasteiger partial charge is 0.465 e. The standard InChI is InChI=1S/C14H14ClNO2S/c1-3-18-13(17)8-19-12-7-11(15)10-6-4-5-9(2)14(10)16-12/h4-7H,3,8H2,1-2H3. The fraction of sp³-hybridized carbons (Fsp3) is 0.286. The molecule has 1 aromatic carbocycles. The molecule has 1 heterocycles. The van der Waals surface area contributed by atoms with Crippen LogP contribution in [0.3, 0.4) is 0 Å². The predicted molar refractivity (Wildman–Crippen MR) is 78.8 cm³/mol. The van der Waals surface area contributed by atoms with Gasteiger partial charge in [0.15, 0.2) is 0 Å². The van der Waals surface area contributed by atoms with E-state index in [1.54, 1.807) is 13.0 Å². The Morgan fingerprint density at radius 2 is 2.26 bits per heavy atom. The molecule has 0 aliphatic carbocycles. The van der Waals surface area contributed by atoms with Crippen molar-refractivity contribution in [3.8, 4) is 0 Å². The molecule has 0 fully saturated rings. The van der Waals surface area contributed by atoms with Crippen molar-refractivity contribution in [2.45, 2.75) is 18.9 Å². The summed E-state index contributed by atoms with van der Waals surface area (Å²) in [7, 11) is 0. The molecule has 0 saturated heterocycles. The molecule has 2 rings (SSSR count). The lowest BCUT2D eigenvalue weighted by Crippen LogP contribution is -2.06. The van der Waals surface area contributed by atoms with E-state index in [0.717, 1.165) is 21.5 Å². The topological polar surface area (TPSA) is 39.2 Å². The number of pyridine rings is 1. The zero-order valence-corrected chi connectivity index (χ0v) is 12.3. The number of aryl methyl sites for hydroxylation is 1. The molecule has 19 heavy (non-hydrogen) atoms. The third-order valence-corrected chi connectivity index (χ3v) is 3.81. The SMILES string of the molecule is CCOC(=O)CSc1cc(Cl)c2cccc(C)c2n1. The van der Waals surface area contributed by atoms with Crippen LogP contribution < -0.4 is 0 Å². The van der Waals surface area contributed by atoms with Gasteiger partial charge in [0.1, 0.15) is 0 Å². The normalized spacial score (nSPS) is 10.7. The maximum Gasteiger partial charge on any atom is 0.316 e. The molecule has 0 radical (unpaired) electrons. The minimum absolute atomic E-state index is 0.240. The molecule has 0 aliphatic rings. The molecule has 2 aromatic rings. The lowest BCUT2D eigenvalue weighted by molar-refractivity contribution is -0.139. The van der Waals surface area contributed by atoms with Gasteiger partial charge in [0.25, 0.3) is 0 Å². The van der Waals surface area contributed by atoms with Gasteiger partial charge in [0, 0.05) is 5.39 Å². The van der Waals surface area contributed by atoms with Crippen LogP contribution >= 0.6 is 23.4 Å². The fourth-order valence-electron chi connectivity index (χ4n) is 1.74. The van der Waals surface area contributed by atoms with Gasteiger partial charge in [-0.15, -0.1) is 0 Å². The molecular formula is C14H14ClNO2S. The van der Waals surface area contributed by atoms with Crippen molar-refractivity contribution >= 4 is 40.2 Å². The highest BCUT2D eigenvalue weighted by molar-refractivity contribution is 7.99. The number of halogens is 1. The van der Waals surface area contributed by atoms with E-state index < -0.39 is 0 Å². The second kappa shape index (κ2) is 6.26. The second-order valence-corrected chi connectivity index (χ2v) is 5.41. The van der Waals surface area contributed by atoms with Gasteiger partial charge in [0.05, 0.1) is 27.9 Å². The third-order valence-electron chi connectivity index (χ3n) is 2.61. The monoisotopic (exact) mass is 295 g/mol. The van der Waals surface area contributed by atoms with E-state index >= 15 is 0 Å². The molecular weight excluding hydrogens is 282 g/mol. The number of para-hydroxylation sites is 1. The first-order valence-corrected chi connectivity index (χ1v) is 7.32. The molecule has 0 unspecified atom stereocenters. The minimum atomic E-state index is -0.240. The summed E-state index contributed by atoms with van der Waals surface area (Å²) in [6.07, 6.45) is 0. The van der Waals surface area contributed by atoms with Crippen molar-refractivity contribution < 1.29 is 9.53 Å². The molecule has 5 heteroatoms. The Balaban J connectivity index is 2.25. The van der Waals surface area contributed by atoms with Crippen LogP contribution in [0.2, 0.25) is 5.02 Å². The van der Waals surface area contributed by atoms with Crippen LogP contribution in [0.4, 0.5) is 0 Å². The van der Waals surface area contributed by atoms with Crippen LogP contribution in [0.25, 0.3) is 10.9 Å². The summed E-state index contributed by atoms with van der Waals surface area (Å²) in [6, 6.07) is 7.67. The highest BCUT2D eigenvalue weighted by atomic mass is 35.5. The summed E-state index contributed by atoms with van der Waals surface area (Å²) in [5.41, 5.74) is 1.94. The van der Waals surface area contributed by atoms with Crippen LogP contribution in [-0.4, -0.2) is 23.3 Å². The van der Waals surface area contributed by atoms with Gasteiger partial charge in [-0.2, -0.15) is 0 Å². The van der Waals surface area contributed by atoms with Crippen LogP contribution in [0.5, 0.6) is 0 Å². The average molecular weight is 296 g/mol. The number of hydrogen-bond donors (Lipinski definition) is 0. The number of thioether (sulfide) groups is 1. The summed E-state index contributed by atoms with van der Waals surface area (Å²) in [6.45, 7) is 4.17. The number of benzene rings is 1. The summed E-state index contributed by atoms with van der Waals surface area (Å²) in [4.78, 5) is 15.9. The number of nitrogens with zero attached hydrogens (tertiary/aromatic N) is 1. The summed E-state index contributed by atoms with van der Waals surface area (Å²) >= 11 is 7.58. The van der Waals surface area contributed by atoms with Crippen molar-refractivity contribution in [2.24, 2.45) is 0 Å². The van der Waals surface area contributed by atoms with Crippen molar-refractivity contribution in [1.29, 1.82) is 0 Å². The van der Waals surface area contributed by atoms with Crippen molar-refractivity contribution in [3.63, 3.8) is 0 Å². The van der Waals surface area contributed by atoms with Gasteiger partial charge in [-0.1, -0.05) is 41.6 Å². The van der Waals surface area contributed by atoms with Crippen LogP contribution in [0.1, 0.15) is 12.5 Å². The number of fused-ring (bicyclic) bond motifs is 1. The van der Waals surface area contributed by atoms with Crippen molar-refractivity contribution in [1.82, 2.24) is 4.98 Å². The lowest BCUT2D eigenvalue weighted by atomic mass is 10.1. The highest BCUT2D eigenvalue weighted by Gasteiger charge is 2.09. The Labute approximate surface area is 121 Å². The molecule has 3 nitrogen and oxygen atoms in total. The molecule has 1 aromatic heterocycles. The fourth-order valence-corrected chi connectivity index (χ4v) is 2.76. The van der Waals surface area contributed by atoms with Gasteiger partial charge < -0.3 is 4.74 Å². The van der Waals surface area contributed by atoms with E-state index in [9.17, 15) is 4.79 Å². The zero-order chi connectivity index (χ0) is 13.8. The number of esters is 1. The molecule has 0 amide bonds. The van der Waals surface area contributed by atoms with Gasteiger partial charge in [-0.05, 0) is 25.5 Å². The molecule has 0 aliphatic heterocycles. The van der Waals surface area contributed by atoms with Crippen LogP contribution in [-0.2, 0) is 9.53 Å². The van der Waals surface area contributed by atoms with Gasteiger partial charge in [0.2, 0.25) is 0 Å². The Hall–Kier alpha value is -1.26. The Morgan fingerprint density at radius 3 is 3.00 bits per heavy atom. The van der Waals surface area contributed by atoms with Gasteiger partial charge >= 0.3 is 5.97 Å².